The molecule has 0 saturated heterocycles. The number of hydrogen-bond acceptors (Lipinski definition) is 3. The van der Waals surface area contributed by atoms with Gasteiger partial charge in [-0.1, -0.05) is 11.6 Å². The minimum absolute atomic E-state index is 0.0147. The number of halogens is 4. The summed E-state index contributed by atoms with van der Waals surface area (Å²) in [5.41, 5.74) is 5.54. The molecule has 0 radical (unpaired) electrons. The zero-order valence-corrected chi connectivity index (χ0v) is 8.89. The van der Waals surface area contributed by atoms with E-state index in [0.717, 1.165) is 0 Å². The molecule has 0 amide bonds. The normalized spacial score (nSPS) is 13.8. The maximum absolute atomic E-state index is 11.9. The number of nitrogen functional groups attached to an aromatic ring is 1. The van der Waals surface area contributed by atoms with Gasteiger partial charge in [0.25, 0.3) is 0 Å². The summed E-state index contributed by atoms with van der Waals surface area (Å²) >= 11 is 5.60. The molecule has 1 heterocycles. The van der Waals surface area contributed by atoms with Crippen molar-refractivity contribution in [2.24, 2.45) is 0 Å². The van der Waals surface area contributed by atoms with Gasteiger partial charge in [-0.2, -0.15) is 13.2 Å². The molecule has 0 fully saturated rings. The molecule has 0 aliphatic carbocycles. The number of aromatic nitrogens is 1. The van der Waals surface area contributed by atoms with Crippen LogP contribution in [0.1, 0.15) is 24.5 Å². The van der Waals surface area contributed by atoms with Gasteiger partial charge in [0.2, 0.25) is 0 Å². The number of rotatable bonds is 3. The van der Waals surface area contributed by atoms with E-state index < -0.39 is 25.1 Å². The highest BCUT2D eigenvalue weighted by atomic mass is 35.5. The lowest BCUT2D eigenvalue weighted by molar-refractivity contribution is -0.140. The lowest BCUT2D eigenvalue weighted by Crippen LogP contribution is -2.11. The van der Waals surface area contributed by atoms with E-state index in [1.807, 2.05) is 0 Å². The predicted molar refractivity (Wildman–Crippen MR) is 53.9 cm³/mol. The zero-order chi connectivity index (χ0) is 12.3. The number of hydrogen-bond donors (Lipinski definition) is 2. The smallest absolute Gasteiger partial charge is 0.388 e. The molecule has 0 bridgehead atoms. The van der Waals surface area contributed by atoms with Crippen LogP contribution in [0, 0.1) is 0 Å². The van der Waals surface area contributed by atoms with Gasteiger partial charge in [-0.05, 0) is 12.5 Å². The van der Waals surface area contributed by atoms with Gasteiger partial charge < -0.3 is 10.8 Å². The van der Waals surface area contributed by atoms with E-state index in [0.29, 0.717) is 0 Å². The van der Waals surface area contributed by atoms with Crippen LogP contribution < -0.4 is 5.73 Å². The van der Waals surface area contributed by atoms with Gasteiger partial charge in [-0.25, -0.2) is 4.98 Å². The van der Waals surface area contributed by atoms with Gasteiger partial charge in [-0.15, -0.1) is 0 Å². The molecule has 0 aromatic carbocycles. The second-order valence-corrected chi connectivity index (χ2v) is 3.73. The Labute approximate surface area is 95.0 Å². The van der Waals surface area contributed by atoms with Gasteiger partial charge >= 0.3 is 6.18 Å². The highest BCUT2D eigenvalue weighted by Gasteiger charge is 2.28. The van der Waals surface area contributed by atoms with E-state index >= 15 is 0 Å². The van der Waals surface area contributed by atoms with E-state index in [4.69, 9.17) is 17.3 Å². The van der Waals surface area contributed by atoms with Gasteiger partial charge in [-0.3, -0.25) is 0 Å². The van der Waals surface area contributed by atoms with Crippen LogP contribution in [0.15, 0.2) is 12.3 Å². The summed E-state index contributed by atoms with van der Waals surface area (Å²) < 4.78 is 35.8. The Hall–Kier alpha value is -1.01. The maximum Gasteiger partial charge on any atom is 0.389 e. The second-order valence-electron chi connectivity index (χ2n) is 3.30. The van der Waals surface area contributed by atoms with Crippen molar-refractivity contribution in [1.29, 1.82) is 0 Å². The quantitative estimate of drug-likeness (QED) is 0.872. The number of nitrogens with two attached hydrogens (primary N) is 1. The third-order valence-electron chi connectivity index (χ3n) is 1.98. The summed E-state index contributed by atoms with van der Waals surface area (Å²) in [6.07, 6.45) is -5.90. The number of anilines is 1. The van der Waals surface area contributed by atoms with Crippen LogP contribution in [0.4, 0.5) is 19.0 Å². The summed E-state index contributed by atoms with van der Waals surface area (Å²) in [6, 6.07) is 1.31. The molecule has 0 spiro atoms. The predicted octanol–water partition coefficient (Wildman–Crippen LogP) is 2.69. The summed E-state index contributed by atoms with van der Waals surface area (Å²) in [5.74, 6) is -0.0147. The van der Waals surface area contributed by atoms with Gasteiger partial charge in [0.15, 0.2) is 0 Å². The Kier molecular flexibility index (Phi) is 3.98. The molecule has 1 rings (SSSR count). The zero-order valence-electron chi connectivity index (χ0n) is 8.13. The van der Waals surface area contributed by atoms with Crippen molar-refractivity contribution in [2.75, 3.05) is 5.73 Å². The monoisotopic (exact) mass is 254 g/mol. The van der Waals surface area contributed by atoms with Crippen molar-refractivity contribution in [3.05, 3.63) is 22.8 Å². The Morgan fingerprint density at radius 1 is 1.50 bits per heavy atom. The van der Waals surface area contributed by atoms with Crippen molar-refractivity contribution in [3.63, 3.8) is 0 Å². The molecule has 0 aliphatic heterocycles. The fraction of sp³-hybridized carbons (Fsp3) is 0.444. The van der Waals surface area contributed by atoms with Crippen LogP contribution in [0.5, 0.6) is 0 Å². The SMILES string of the molecule is Nc1ncc(Cl)cc1C(O)CCC(F)(F)F. The third kappa shape index (κ3) is 3.86. The molecular formula is C9H10ClF3N2O. The van der Waals surface area contributed by atoms with Crippen molar-refractivity contribution in [1.82, 2.24) is 4.98 Å². The fourth-order valence-corrected chi connectivity index (χ4v) is 1.35. The topological polar surface area (TPSA) is 59.1 Å². The standard InChI is InChI=1S/C9H10ClF3N2O/c10-5-3-6(8(14)15-4-5)7(16)1-2-9(11,12)13/h3-4,7,16H,1-2H2,(H2,14,15). The Balaban J connectivity index is 2.73. The molecule has 16 heavy (non-hydrogen) atoms. The van der Waals surface area contributed by atoms with E-state index in [1.165, 1.54) is 12.3 Å². The van der Waals surface area contributed by atoms with Crippen molar-refractivity contribution in [2.45, 2.75) is 25.1 Å². The highest BCUT2D eigenvalue weighted by Crippen LogP contribution is 2.30. The molecule has 0 aliphatic rings. The molecule has 1 unspecified atom stereocenters. The molecule has 1 aromatic rings. The molecule has 1 atom stereocenters. The molecule has 1 aromatic heterocycles. The fourth-order valence-electron chi connectivity index (χ4n) is 1.19. The minimum atomic E-state index is -4.30. The van der Waals surface area contributed by atoms with E-state index in [-0.39, 0.29) is 16.4 Å². The van der Waals surface area contributed by atoms with E-state index in [1.54, 1.807) is 0 Å². The molecule has 0 saturated carbocycles. The summed E-state index contributed by atoms with van der Waals surface area (Å²) in [6.45, 7) is 0. The third-order valence-corrected chi connectivity index (χ3v) is 2.18. The largest absolute Gasteiger partial charge is 0.389 e. The van der Waals surface area contributed by atoms with Crippen LogP contribution in [0.3, 0.4) is 0 Å². The van der Waals surface area contributed by atoms with Crippen LogP contribution >= 0.6 is 11.6 Å². The number of aliphatic hydroxyl groups excluding tert-OH is 1. The first-order chi connectivity index (χ1) is 7.29. The molecule has 7 heteroatoms. The highest BCUT2D eigenvalue weighted by molar-refractivity contribution is 6.30. The Bertz CT molecular complexity index is 370. The molecule has 90 valence electrons. The van der Waals surface area contributed by atoms with Gasteiger partial charge in [0.05, 0.1) is 11.1 Å². The molecule has 3 N–H and O–H groups in total. The van der Waals surface area contributed by atoms with Crippen molar-refractivity contribution >= 4 is 17.4 Å². The maximum atomic E-state index is 11.9. The summed E-state index contributed by atoms with van der Waals surface area (Å²) in [5, 5.41) is 9.73. The minimum Gasteiger partial charge on any atom is -0.388 e. The Morgan fingerprint density at radius 3 is 2.69 bits per heavy atom. The first kappa shape index (κ1) is 13.1. The van der Waals surface area contributed by atoms with Crippen LogP contribution in [0.25, 0.3) is 0 Å². The first-order valence-electron chi connectivity index (χ1n) is 4.45. The van der Waals surface area contributed by atoms with Gasteiger partial charge in [0, 0.05) is 18.2 Å². The summed E-state index contributed by atoms with van der Waals surface area (Å²) in [7, 11) is 0. The average molecular weight is 255 g/mol. The second kappa shape index (κ2) is 4.88. The molecule has 3 nitrogen and oxygen atoms in total. The van der Waals surface area contributed by atoms with E-state index in [9.17, 15) is 18.3 Å². The lowest BCUT2D eigenvalue weighted by Gasteiger charge is -2.14. The average Bonchev–Trinajstić information content (AvgIpc) is 2.17. The van der Waals surface area contributed by atoms with Crippen molar-refractivity contribution < 1.29 is 18.3 Å². The number of nitrogens with zero attached hydrogens (tertiary/aromatic N) is 1. The Morgan fingerprint density at radius 2 is 2.12 bits per heavy atom. The molecular weight excluding hydrogens is 245 g/mol. The first-order valence-corrected chi connectivity index (χ1v) is 4.83. The van der Waals surface area contributed by atoms with Crippen LogP contribution in [-0.2, 0) is 0 Å². The van der Waals surface area contributed by atoms with Crippen LogP contribution in [-0.4, -0.2) is 16.3 Å². The van der Waals surface area contributed by atoms with E-state index in [2.05, 4.69) is 4.98 Å². The number of aliphatic hydroxyl groups is 1. The van der Waals surface area contributed by atoms with Crippen molar-refractivity contribution in [3.8, 4) is 0 Å². The summed E-state index contributed by atoms with van der Waals surface area (Å²) in [4.78, 5) is 3.65. The number of alkyl halides is 3. The number of pyridine rings is 1. The van der Waals surface area contributed by atoms with Crippen LogP contribution in [0.2, 0.25) is 5.02 Å². The lowest BCUT2D eigenvalue weighted by atomic mass is 10.1. The van der Waals surface area contributed by atoms with Gasteiger partial charge in [0.1, 0.15) is 5.82 Å².